The van der Waals surface area contributed by atoms with Crippen molar-refractivity contribution in [2.45, 2.75) is 83.2 Å². The second kappa shape index (κ2) is 34.5. The topological polar surface area (TPSA) is 322 Å². The lowest BCUT2D eigenvalue weighted by Gasteiger charge is -2.31. The van der Waals surface area contributed by atoms with Gasteiger partial charge in [0.15, 0.2) is 17.2 Å². The smallest absolute Gasteiger partial charge is 0.343 e. The SMILES string of the molecule is CC[C@@]1(O)C(=O)OCc2c1cc1n(c2=O)Cc2cc3c4c(c(F)cc3nc2-1)OCN(CCNC(=O)CCCNC(=O)[C@H](CCC(=O)NCCOCCOCCOCCOCCOCCOCCOCCOC)NC(=O)CCCN1C(=O)C=CC1=O)C4. The van der Waals surface area contributed by atoms with E-state index >= 15 is 4.39 Å². The molecule has 472 valence electrons. The fraction of sp³-hybridized carbons (Fsp3) is 0.603. The second-order valence-corrected chi connectivity index (χ2v) is 20.5. The molecule has 7 rings (SSSR count). The zero-order valence-corrected chi connectivity index (χ0v) is 48.8. The molecule has 0 unspecified atom stereocenters. The number of aliphatic hydroxyl groups is 1. The Morgan fingerprint density at radius 1 is 0.686 bits per heavy atom. The first kappa shape index (κ1) is 66.7. The monoisotopic (exact) mass is 1210 g/mol. The minimum absolute atomic E-state index is 0.00776. The summed E-state index contributed by atoms with van der Waals surface area (Å²) in [7, 11) is 1.62. The van der Waals surface area contributed by atoms with Crippen molar-refractivity contribution in [3.05, 3.63) is 68.8 Å². The van der Waals surface area contributed by atoms with E-state index in [4.69, 9.17) is 52.4 Å². The normalized spacial score (nSPS) is 16.3. The number of pyridine rings is 2. The van der Waals surface area contributed by atoms with Crippen molar-refractivity contribution in [2.75, 3.05) is 146 Å². The Balaban J connectivity index is 0.765. The highest BCUT2D eigenvalue weighted by Crippen LogP contribution is 2.41. The van der Waals surface area contributed by atoms with E-state index in [9.17, 15) is 43.5 Å². The number of carbonyl (C=O) groups excluding carboxylic acids is 7. The number of cyclic esters (lactones) is 1. The lowest BCUT2D eigenvalue weighted by Crippen LogP contribution is -2.47. The maximum atomic E-state index is 15.6. The summed E-state index contributed by atoms with van der Waals surface area (Å²) in [6, 6.07) is 3.60. The van der Waals surface area contributed by atoms with Crippen LogP contribution in [0.25, 0.3) is 22.3 Å². The molecule has 27 nitrogen and oxygen atoms in total. The van der Waals surface area contributed by atoms with Gasteiger partial charge in [-0.2, -0.15) is 0 Å². The Labute approximate surface area is 496 Å². The summed E-state index contributed by atoms with van der Waals surface area (Å²) in [5, 5.41) is 22.8. The standard InChI is InChI=1S/C58H79FN8O19/c1-3-58(76)43-33-47-53-39(35-67(47)56(74)42(43)37-85-57(58)75)32-40-41-36-65(38-86-54(41)44(59)34-46(40)64-53)16-13-60-48(68)6-4-12-62-55(73)45(63-50(70)7-5-15-66-51(71)10-11-52(66)72)8-9-49(69)61-14-17-78-20-21-80-24-25-82-28-29-84-31-30-83-27-26-81-23-22-79-19-18-77-2/h10-11,32-34,45,76H,3-9,12-31,35-38H2,1-2H3,(H,60,68)(H,61,69)(H,62,73)(H,63,70)/t45-,58-/m0/s1. The number of imide groups is 1. The molecule has 1 aromatic carbocycles. The zero-order chi connectivity index (χ0) is 61.3. The van der Waals surface area contributed by atoms with Crippen molar-refractivity contribution >= 4 is 52.3 Å². The van der Waals surface area contributed by atoms with E-state index in [1.165, 1.54) is 10.6 Å². The van der Waals surface area contributed by atoms with Gasteiger partial charge in [-0.1, -0.05) is 6.92 Å². The lowest BCUT2D eigenvalue weighted by molar-refractivity contribution is -0.172. The van der Waals surface area contributed by atoms with Crippen LogP contribution in [0.5, 0.6) is 5.75 Å². The molecule has 2 aromatic heterocycles. The molecule has 0 fully saturated rings. The number of amides is 6. The summed E-state index contributed by atoms with van der Waals surface area (Å²) in [5.74, 6) is -4.08. The number of benzene rings is 1. The van der Waals surface area contributed by atoms with Gasteiger partial charge in [0.25, 0.3) is 17.4 Å². The lowest BCUT2D eigenvalue weighted by atomic mass is 9.86. The highest BCUT2D eigenvalue weighted by atomic mass is 19.1. The van der Waals surface area contributed by atoms with E-state index in [0.29, 0.717) is 126 Å². The summed E-state index contributed by atoms with van der Waals surface area (Å²) >= 11 is 0. The molecule has 2 atom stereocenters. The van der Waals surface area contributed by atoms with Crippen LogP contribution >= 0.6 is 0 Å². The summed E-state index contributed by atoms with van der Waals surface area (Å²) < 4.78 is 71.3. The molecule has 0 saturated carbocycles. The number of nitrogens with one attached hydrogen (secondary N) is 4. The molecule has 0 saturated heterocycles. The van der Waals surface area contributed by atoms with Crippen molar-refractivity contribution in [2.24, 2.45) is 0 Å². The summed E-state index contributed by atoms with van der Waals surface area (Å²) in [6.07, 6.45) is 2.47. The molecule has 6 amide bonds. The first-order valence-corrected chi connectivity index (χ1v) is 29.1. The van der Waals surface area contributed by atoms with Crippen LogP contribution in [0.2, 0.25) is 0 Å². The van der Waals surface area contributed by atoms with Crippen LogP contribution in [0.4, 0.5) is 4.39 Å². The molecule has 28 heteroatoms. The van der Waals surface area contributed by atoms with E-state index in [-0.39, 0.29) is 139 Å². The average Bonchev–Trinajstić information content (AvgIpc) is 1.49. The Morgan fingerprint density at radius 2 is 1.28 bits per heavy atom. The van der Waals surface area contributed by atoms with Gasteiger partial charge >= 0.3 is 5.97 Å². The van der Waals surface area contributed by atoms with Crippen molar-refractivity contribution in [3.63, 3.8) is 0 Å². The molecule has 3 aromatic rings. The second-order valence-electron chi connectivity index (χ2n) is 20.5. The Hall–Kier alpha value is -6.86. The van der Waals surface area contributed by atoms with Crippen molar-refractivity contribution < 1.29 is 90.4 Å². The number of aromatic nitrogens is 2. The van der Waals surface area contributed by atoms with Gasteiger partial charge in [-0.25, -0.2) is 14.2 Å². The third-order valence-electron chi connectivity index (χ3n) is 14.5. The molecule has 86 heavy (non-hydrogen) atoms. The van der Waals surface area contributed by atoms with Gasteiger partial charge in [0.1, 0.15) is 19.4 Å². The van der Waals surface area contributed by atoms with Crippen LogP contribution < -0.4 is 31.6 Å². The zero-order valence-electron chi connectivity index (χ0n) is 48.8. The maximum absolute atomic E-state index is 15.6. The number of hydrogen-bond acceptors (Lipinski definition) is 21. The molecule has 6 heterocycles. The Bertz CT molecular complexity index is 2910. The van der Waals surface area contributed by atoms with E-state index in [1.807, 2.05) is 11.0 Å². The molecular weight excluding hydrogens is 1130 g/mol. The fourth-order valence-electron chi connectivity index (χ4n) is 9.82. The summed E-state index contributed by atoms with van der Waals surface area (Å²) in [4.78, 5) is 110. The third kappa shape index (κ3) is 19.1. The maximum Gasteiger partial charge on any atom is 0.343 e. The third-order valence-corrected chi connectivity index (χ3v) is 14.5. The first-order valence-electron chi connectivity index (χ1n) is 29.1. The molecule has 0 spiro atoms. The van der Waals surface area contributed by atoms with Crippen LogP contribution in [-0.2, 0) is 101 Å². The number of esters is 1. The Kier molecular flexibility index (Phi) is 26.7. The van der Waals surface area contributed by atoms with E-state index < -0.39 is 52.6 Å². The van der Waals surface area contributed by atoms with Crippen molar-refractivity contribution in [1.29, 1.82) is 0 Å². The average molecular weight is 1210 g/mol. The van der Waals surface area contributed by atoms with Gasteiger partial charge in [-0.15, -0.1) is 0 Å². The number of halogens is 1. The van der Waals surface area contributed by atoms with Gasteiger partial charge < -0.3 is 78.3 Å². The van der Waals surface area contributed by atoms with E-state index in [0.717, 1.165) is 17.1 Å². The minimum atomic E-state index is -1.99. The summed E-state index contributed by atoms with van der Waals surface area (Å²) in [5.41, 5.74) is 0.340. The van der Waals surface area contributed by atoms with Crippen molar-refractivity contribution in [1.82, 2.24) is 40.6 Å². The molecule has 4 aliphatic heterocycles. The van der Waals surface area contributed by atoms with Crippen molar-refractivity contribution in [3.8, 4) is 17.1 Å². The largest absolute Gasteiger partial charge is 0.475 e. The van der Waals surface area contributed by atoms with Crippen LogP contribution in [-0.4, -0.2) is 218 Å². The quantitative estimate of drug-likeness (QED) is 0.0226. The first-order chi connectivity index (χ1) is 41.7. The van der Waals surface area contributed by atoms with Gasteiger partial charge in [0, 0.05) is 106 Å². The predicted molar refractivity (Wildman–Crippen MR) is 303 cm³/mol. The molecule has 0 aliphatic carbocycles. The highest BCUT2D eigenvalue weighted by molar-refractivity contribution is 6.12. The molecular formula is C58H79FN8O19. The van der Waals surface area contributed by atoms with Gasteiger partial charge in [0.05, 0.1) is 128 Å². The molecule has 0 radical (unpaired) electrons. The summed E-state index contributed by atoms with van der Waals surface area (Å²) in [6.45, 7) is 8.94. The predicted octanol–water partition coefficient (Wildman–Crippen LogP) is 0.232. The van der Waals surface area contributed by atoms with Crippen LogP contribution in [0, 0.1) is 5.82 Å². The van der Waals surface area contributed by atoms with Gasteiger partial charge in [0.2, 0.25) is 23.6 Å². The number of rotatable bonds is 41. The van der Waals surface area contributed by atoms with Crippen LogP contribution in [0.15, 0.2) is 35.1 Å². The van der Waals surface area contributed by atoms with E-state index in [2.05, 4.69) is 21.3 Å². The van der Waals surface area contributed by atoms with Crippen LogP contribution in [0.3, 0.4) is 0 Å². The number of fused-ring (bicyclic) bond motifs is 7. The number of methoxy groups -OCH3 is 1. The minimum Gasteiger partial charge on any atom is -0.475 e. The Morgan fingerprint density at radius 3 is 1.91 bits per heavy atom. The molecule has 5 N–H and O–H groups in total. The highest BCUT2D eigenvalue weighted by Gasteiger charge is 2.45. The van der Waals surface area contributed by atoms with Gasteiger partial charge in [-0.3, -0.25) is 43.4 Å². The number of ether oxygens (including phenoxy) is 10. The number of hydrogen-bond donors (Lipinski definition) is 5. The number of carbonyl (C=O) groups is 7. The molecule has 0 bridgehead atoms. The number of nitrogens with zero attached hydrogens (tertiary/aromatic N) is 4. The van der Waals surface area contributed by atoms with Crippen LogP contribution in [0.1, 0.15) is 74.1 Å². The fourth-order valence-corrected chi connectivity index (χ4v) is 9.82. The van der Waals surface area contributed by atoms with Gasteiger partial charge in [-0.05, 0) is 37.8 Å². The molecule has 4 aliphatic rings. The van der Waals surface area contributed by atoms with E-state index in [1.54, 1.807) is 20.1 Å².